The summed E-state index contributed by atoms with van der Waals surface area (Å²) in [6.45, 7) is 0.144. The van der Waals surface area contributed by atoms with Crippen molar-refractivity contribution in [2.45, 2.75) is 19.1 Å². The Labute approximate surface area is 164 Å². The smallest absolute Gasteiger partial charge is 0.408 e. The molecular formula is C23H22N2O3. The van der Waals surface area contributed by atoms with Crippen molar-refractivity contribution in [2.75, 3.05) is 5.32 Å². The lowest BCUT2D eigenvalue weighted by Crippen LogP contribution is -2.45. The maximum absolute atomic E-state index is 12.7. The highest BCUT2D eigenvalue weighted by molar-refractivity contribution is 5.96. The minimum atomic E-state index is -0.758. The van der Waals surface area contributed by atoms with Gasteiger partial charge in [0.1, 0.15) is 12.6 Å². The van der Waals surface area contributed by atoms with Crippen molar-refractivity contribution in [3.05, 3.63) is 102 Å². The van der Waals surface area contributed by atoms with Gasteiger partial charge in [0.05, 0.1) is 0 Å². The van der Waals surface area contributed by atoms with Crippen LogP contribution in [0.3, 0.4) is 0 Å². The molecule has 0 saturated carbocycles. The summed E-state index contributed by atoms with van der Waals surface area (Å²) in [5.41, 5.74) is 2.50. The van der Waals surface area contributed by atoms with Gasteiger partial charge in [-0.2, -0.15) is 0 Å². The van der Waals surface area contributed by atoms with Gasteiger partial charge in [-0.1, -0.05) is 78.9 Å². The summed E-state index contributed by atoms with van der Waals surface area (Å²) in [6.07, 6.45) is -0.270. The maximum Gasteiger partial charge on any atom is 0.408 e. The van der Waals surface area contributed by atoms with Crippen LogP contribution >= 0.6 is 0 Å². The molecular weight excluding hydrogens is 352 g/mol. The summed E-state index contributed by atoms with van der Waals surface area (Å²) in [7, 11) is 0. The molecule has 2 amide bonds. The molecule has 0 aliphatic heterocycles. The fourth-order valence-corrected chi connectivity index (χ4v) is 2.72. The van der Waals surface area contributed by atoms with E-state index in [1.54, 1.807) is 12.1 Å². The molecule has 2 N–H and O–H groups in total. The third-order valence-electron chi connectivity index (χ3n) is 4.15. The van der Waals surface area contributed by atoms with Crippen molar-refractivity contribution < 1.29 is 14.3 Å². The van der Waals surface area contributed by atoms with Crippen molar-refractivity contribution in [1.29, 1.82) is 0 Å². The molecule has 3 aromatic rings. The summed E-state index contributed by atoms with van der Waals surface area (Å²) in [6, 6.07) is 27.3. The van der Waals surface area contributed by atoms with Crippen LogP contribution in [0.4, 0.5) is 10.5 Å². The number of nitrogens with one attached hydrogen (secondary N) is 2. The van der Waals surface area contributed by atoms with Gasteiger partial charge in [-0.15, -0.1) is 0 Å². The zero-order valence-corrected chi connectivity index (χ0v) is 15.4. The van der Waals surface area contributed by atoms with Crippen LogP contribution < -0.4 is 10.6 Å². The lowest BCUT2D eigenvalue weighted by molar-refractivity contribution is -0.118. The fourth-order valence-electron chi connectivity index (χ4n) is 2.72. The molecule has 0 fully saturated rings. The van der Waals surface area contributed by atoms with Crippen molar-refractivity contribution in [3.63, 3.8) is 0 Å². The third-order valence-corrected chi connectivity index (χ3v) is 4.15. The van der Waals surface area contributed by atoms with E-state index < -0.39 is 12.1 Å². The van der Waals surface area contributed by atoms with E-state index >= 15 is 0 Å². The number of hydrogen-bond donors (Lipinski definition) is 2. The van der Waals surface area contributed by atoms with Crippen molar-refractivity contribution in [1.82, 2.24) is 5.32 Å². The van der Waals surface area contributed by atoms with E-state index in [0.29, 0.717) is 12.1 Å². The van der Waals surface area contributed by atoms with E-state index in [1.165, 1.54) is 0 Å². The molecule has 0 unspecified atom stereocenters. The van der Waals surface area contributed by atoms with E-state index in [4.69, 9.17) is 4.74 Å². The number of ether oxygens (including phenoxy) is 1. The Balaban J connectivity index is 1.64. The van der Waals surface area contributed by atoms with Crippen LogP contribution in [0.1, 0.15) is 11.1 Å². The molecule has 0 saturated heterocycles. The second kappa shape index (κ2) is 9.92. The number of para-hydroxylation sites is 1. The number of amides is 2. The monoisotopic (exact) mass is 374 g/mol. The van der Waals surface area contributed by atoms with Crippen LogP contribution in [0.5, 0.6) is 0 Å². The molecule has 3 rings (SSSR count). The first kappa shape index (κ1) is 19.2. The van der Waals surface area contributed by atoms with Gasteiger partial charge >= 0.3 is 6.09 Å². The number of anilines is 1. The summed E-state index contributed by atoms with van der Waals surface area (Å²) in [4.78, 5) is 25.0. The van der Waals surface area contributed by atoms with Crippen LogP contribution in [-0.2, 0) is 22.6 Å². The molecule has 3 aromatic carbocycles. The molecule has 0 radical (unpaired) electrons. The Hall–Kier alpha value is -3.60. The standard InChI is InChI=1S/C23H22N2O3/c26-22(24-20-14-8-3-9-15-20)21(16-18-10-4-1-5-11-18)25-23(27)28-17-19-12-6-2-7-13-19/h1-15,21H,16-17H2,(H,24,26)(H,25,27)/t21-/m0/s1. The van der Waals surface area contributed by atoms with Gasteiger partial charge in [0, 0.05) is 12.1 Å². The largest absolute Gasteiger partial charge is 0.445 e. The molecule has 0 heterocycles. The van der Waals surface area contributed by atoms with Crippen LogP contribution in [0.2, 0.25) is 0 Å². The van der Waals surface area contributed by atoms with Gasteiger partial charge < -0.3 is 15.4 Å². The molecule has 5 heteroatoms. The molecule has 0 aliphatic rings. The van der Waals surface area contributed by atoms with Gasteiger partial charge in [0.2, 0.25) is 5.91 Å². The Kier molecular flexibility index (Phi) is 6.79. The zero-order chi connectivity index (χ0) is 19.6. The summed E-state index contributed by atoms with van der Waals surface area (Å²) >= 11 is 0. The van der Waals surface area contributed by atoms with Gasteiger partial charge in [-0.25, -0.2) is 4.79 Å². The second-order valence-corrected chi connectivity index (χ2v) is 6.30. The highest BCUT2D eigenvalue weighted by Gasteiger charge is 2.22. The topological polar surface area (TPSA) is 67.4 Å². The number of benzene rings is 3. The normalized spacial score (nSPS) is 11.3. The van der Waals surface area contributed by atoms with Gasteiger partial charge in [-0.3, -0.25) is 4.79 Å². The Morgan fingerprint density at radius 1 is 0.750 bits per heavy atom. The Bertz CT molecular complexity index is 883. The maximum atomic E-state index is 12.7. The number of carbonyl (C=O) groups is 2. The van der Waals surface area contributed by atoms with Crippen molar-refractivity contribution in [2.24, 2.45) is 0 Å². The molecule has 142 valence electrons. The van der Waals surface area contributed by atoms with Crippen LogP contribution in [0.15, 0.2) is 91.0 Å². The van der Waals surface area contributed by atoms with Crippen LogP contribution in [0, 0.1) is 0 Å². The van der Waals surface area contributed by atoms with Gasteiger partial charge in [0.15, 0.2) is 0 Å². The molecule has 5 nitrogen and oxygen atoms in total. The van der Waals surface area contributed by atoms with Crippen molar-refractivity contribution >= 4 is 17.7 Å². The predicted octanol–water partition coefficient (Wildman–Crippen LogP) is 4.16. The minimum Gasteiger partial charge on any atom is -0.445 e. The molecule has 0 spiro atoms. The third kappa shape index (κ3) is 5.99. The van der Waals surface area contributed by atoms with Crippen LogP contribution in [-0.4, -0.2) is 18.0 Å². The lowest BCUT2D eigenvalue weighted by Gasteiger charge is -2.18. The van der Waals surface area contributed by atoms with E-state index in [-0.39, 0.29) is 12.5 Å². The molecule has 0 bridgehead atoms. The fraction of sp³-hybridized carbons (Fsp3) is 0.130. The lowest BCUT2D eigenvalue weighted by atomic mass is 10.1. The van der Waals surface area contributed by atoms with Gasteiger partial charge in [0.25, 0.3) is 0 Å². The SMILES string of the molecule is O=C(N[C@@H](Cc1ccccc1)C(=O)Nc1ccccc1)OCc1ccccc1. The number of hydrogen-bond acceptors (Lipinski definition) is 3. The van der Waals surface area contributed by atoms with E-state index in [9.17, 15) is 9.59 Å². The zero-order valence-electron chi connectivity index (χ0n) is 15.4. The Morgan fingerprint density at radius 3 is 1.89 bits per heavy atom. The molecule has 0 aromatic heterocycles. The van der Waals surface area contributed by atoms with Gasteiger partial charge in [-0.05, 0) is 23.3 Å². The average Bonchev–Trinajstić information content (AvgIpc) is 2.74. The number of rotatable bonds is 7. The Morgan fingerprint density at radius 2 is 1.29 bits per heavy atom. The average molecular weight is 374 g/mol. The molecule has 0 aliphatic carbocycles. The predicted molar refractivity (Wildman–Crippen MR) is 109 cm³/mol. The first-order chi connectivity index (χ1) is 13.7. The molecule has 28 heavy (non-hydrogen) atoms. The number of alkyl carbamates (subject to hydrolysis) is 1. The number of carbonyl (C=O) groups excluding carboxylic acids is 2. The van der Waals surface area contributed by atoms with Crippen LogP contribution in [0.25, 0.3) is 0 Å². The second-order valence-electron chi connectivity index (χ2n) is 6.30. The summed E-state index contributed by atoms with van der Waals surface area (Å²) in [5.74, 6) is -0.299. The summed E-state index contributed by atoms with van der Waals surface area (Å²) in [5, 5.41) is 5.51. The van der Waals surface area contributed by atoms with E-state index in [2.05, 4.69) is 10.6 Å². The highest BCUT2D eigenvalue weighted by atomic mass is 16.5. The highest BCUT2D eigenvalue weighted by Crippen LogP contribution is 2.09. The quantitative estimate of drug-likeness (QED) is 0.652. The van der Waals surface area contributed by atoms with E-state index in [0.717, 1.165) is 11.1 Å². The first-order valence-corrected chi connectivity index (χ1v) is 9.08. The molecule has 1 atom stereocenters. The first-order valence-electron chi connectivity index (χ1n) is 9.08. The summed E-state index contributed by atoms with van der Waals surface area (Å²) < 4.78 is 5.27. The van der Waals surface area contributed by atoms with Crippen molar-refractivity contribution in [3.8, 4) is 0 Å². The van der Waals surface area contributed by atoms with E-state index in [1.807, 2.05) is 78.9 Å². The minimum absolute atomic E-state index is 0.144.